The van der Waals surface area contributed by atoms with Crippen LogP contribution in [0.4, 0.5) is 0 Å². The number of piperidine rings is 1. The van der Waals surface area contributed by atoms with Gasteiger partial charge in [0.15, 0.2) is 0 Å². The van der Waals surface area contributed by atoms with Crippen LogP contribution in [0.15, 0.2) is 30.3 Å². The van der Waals surface area contributed by atoms with Crippen molar-refractivity contribution in [2.75, 3.05) is 39.5 Å². The molecule has 0 aliphatic carbocycles. The van der Waals surface area contributed by atoms with Gasteiger partial charge in [-0.3, -0.25) is 4.79 Å². The molecule has 0 aromatic heterocycles. The second-order valence-electron chi connectivity index (χ2n) is 6.64. The average molecular weight is 368 g/mol. The molecule has 25 heavy (non-hydrogen) atoms. The smallest absolute Gasteiger partial charge is 0.242 e. The lowest BCUT2D eigenvalue weighted by Gasteiger charge is -2.27. The van der Waals surface area contributed by atoms with E-state index < -0.39 is 16.1 Å². The molecular weight excluding hydrogens is 338 g/mol. The Morgan fingerprint density at radius 1 is 1.20 bits per heavy atom. The lowest BCUT2D eigenvalue weighted by molar-refractivity contribution is -0.124. The number of sulfonamides is 1. The number of hydrogen-bond donors (Lipinski definition) is 1. The molecule has 140 valence electrons. The summed E-state index contributed by atoms with van der Waals surface area (Å²) in [7, 11) is -2.03. The van der Waals surface area contributed by atoms with E-state index >= 15 is 0 Å². The maximum Gasteiger partial charge on any atom is 0.242 e. The zero-order valence-corrected chi connectivity index (χ0v) is 16.0. The van der Waals surface area contributed by atoms with Gasteiger partial charge in [0.1, 0.15) is 6.04 Å². The first-order valence-electron chi connectivity index (χ1n) is 8.87. The molecule has 1 amide bonds. The number of nitrogens with zero attached hydrogens (tertiary/aromatic N) is 2. The number of nitrogens with one attached hydrogen (secondary N) is 1. The molecular formula is C18H29N3O3S. The van der Waals surface area contributed by atoms with E-state index in [0.29, 0.717) is 12.1 Å². The van der Waals surface area contributed by atoms with Crippen molar-refractivity contribution in [2.45, 2.75) is 31.7 Å². The third-order valence-corrected chi connectivity index (χ3v) is 5.91. The molecule has 2 rings (SSSR count). The number of likely N-dealkylation sites (N-methyl/N-ethyl adjacent to an activating group) is 1. The fourth-order valence-electron chi connectivity index (χ4n) is 3.15. The molecule has 7 heteroatoms. The van der Waals surface area contributed by atoms with Crippen molar-refractivity contribution in [1.82, 2.24) is 14.5 Å². The highest BCUT2D eigenvalue weighted by Gasteiger charge is 2.30. The van der Waals surface area contributed by atoms with Crippen molar-refractivity contribution in [3.05, 3.63) is 35.9 Å². The van der Waals surface area contributed by atoms with E-state index in [1.54, 1.807) is 12.1 Å². The zero-order chi connectivity index (χ0) is 18.3. The second-order valence-corrected chi connectivity index (χ2v) is 8.68. The van der Waals surface area contributed by atoms with Crippen LogP contribution in [0.3, 0.4) is 0 Å². The SMILES string of the molecule is CN([C@H](C(=O)NCCCN1CCCCC1)c1ccccc1)S(C)(=O)=O. The maximum atomic E-state index is 12.7. The van der Waals surface area contributed by atoms with Crippen LogP contribution in [0.25, 0.3) is 0 Å². The van der Waals surface area contributed by atoms with E-state index in [9.17, 15) is 13.2 Å². The fourth-order valence-corrected chi connectivity index (χ4v) is 3.75. The summed E-state index contributed by atoms with van der Waals surface area (Å²) >= 11 is 0. The zero-order valence-electron chi connectivity index (χ0n) is 15.1. The van der Waals surface area contributed by atoms with Gasteiger partial charge in [0, 0.05) is 13.6 Å². The summed E-state index contributed by atoms with van der Waals surface area (Å²) < 4.78 is 25.0. The van der Waals surface area contributed by atoms with E-state index in [1.165, 1.54) is 26.3 Å². The maximum absolute atomic E-state index is 12.7. The minimum atomic E-state index is -3.48. The van der Waals surface area contributed by atoms with Gasteiger partial charge in [0.25, 0.3) is 0 Å². The number of amides is 1. The molecule has 0 bridgehead atoms. The Morgan fingerprint density at radius 3 is 2.44 bits per heavy atom. The normalized spacial score (nSPS) is 17.4. The van der Waals surface area contributed by atoms with E-state index in [0.717, 1.165) is 36.6 Å². The fraction of sp³-hybridized carbons (Fsp3) is 0.611. The van der Waals surface area contributed by atoms with Crippen LogP contribution in [0, 0.1) is 0 Å². The third-order valence-electron chi connectivity index (χ3n) is 4.65. The predicted molar refractivity (Wildman–Crippen MR) is 99.7 cm³/mol. The molecule has 6 nitrogen and oxygen atoms in total. The highest BCUT2D eigenvalue weighted by atomic mass is 32.2. The van der Waals surface area contributed by atoms with Crippen LogP contribution >= 0.6 is 0 Å². The summed E-state index contributed by atoms with van der Waals surface area (Å²) in [6.07, 6.45) is 5.80. The molecule has 1 aromatic carbocycles. The van der Waals surface area contributed by atoms with Gasteiger partial charge in [0.2, 0.25) is 15.9 Å². The van der Waals surface area contributed by atoms with Gasteiger partial charge in [-0.25, -0.2) is 8.42 Å². The first-order chi connectivity index (χ1) is 11.9. The molecule has 1 aliphatic rings. The molecule has 1 fully saturated rings. The van der Waals surface area contributed by atoms with Crippen molar-refractivity contribution < 1.29 is 13.2 Å². The molecule has 1 heterocycles. The Labute approximate surface area is 151 Å². The Kier molecular flexibility index (Phi) is 7.40. The highest BCUT2D eigenvalue weighted by Crippen LogP contribution is 2.21. The number of likely N-dealkylation sites (tertiary alicyclic amines) is 1. The minimum absolute atomic E-state index is 0.280. The number of benzene rings is 1. The summed E-state index contributed by atoms with van der Waals surface area (Å²) in [5.74, 6) is -0.280. The van der Waals surface area contributed by atoms with Crippen molar-refractivity contribution in [3.8, 4) is 0 Å². The van der Waals surface area contributed by atoms with Crippen LogP contribution < -0.4 is 5.32 Å². The lowest BCUT2D eigenvalue weighted by Crippen LogP contribution is -2.42. The number of carbonyl (C=O) groups is 1. The Balaban J connectivity index is 1.93. The number of hydrogen-bond acceptors (Lipinski definition) is 4. The average Bonchev–Trinajstić information content (AvgIpc) is 2.60. The Morgan fingerprint density at radius 2 is 1.84 bits per heavy atom. The van der Waals surface area contributed by atoms with Gasteiger partial charge in [0.05, 0.1) is 6.26 Å². The lowest BCUT2D eigenvalue weighted by atomic mass is 10.1. The summed E-state index contributed by atoms with van der Waals surface area (Å²) in [4.78, 5) is 15.1. The van der Waals surface area contributed by atoms with Gasteiger partial charge >= 0.3 is 0 Å². The van der Waals surface area contributed by atoms with Crippen LogP contribution in [-0.4, -0.2) is 63.0 Å². The highest BCUT2D eigenvalue weighted by molar-refractivity contribution is 7.88. The van der Waals surface area contributed by atoms with Crippen molar-refractivity contribution in [1.29, 1.82) is 0 Å². The van der Waals surface area contributed by atoms with Gasteiger partial charge in [-0.1, -0.05) is 36.8 Å². The molecule has 1 saturated heterocycles. The molecule has 1 N–H and O–H groups in total. The Hall–Kier alpha value is -1.44. The van der Waals surface area contributed by atoms with E-state index in [2.05, 4.69) is 10.2 Å². The van der Waals surface area contributed by atoms with Gasteiger partial charge < -0.3 is 10.2 Å². The molecule has 0 unspecified atom stereocenters. The van der Waals surface area contributed by atoms with Crippen LogP contribution in [0.1, 0.15) is 37.3 Å². The van der Waals surface area contributed by atoms with Gasteiger partial charge in [-0.2, -0.15) is 4.31 Å². The molecule has 0 saturated carbocycles. The summed E-state index contributed by atoms with van der Waals surface area (Å²) in [6.45, 7) is 3.79. The molecule has 0 radical (unpaired) electrons. The summed E-state index contributed by atoms with van der Waals surface area (Å²) in [6, 6.07) is 8.17. The molecule has 0 spiro atoms. The van der Waals surface area contributed by atoms with Crippen molar-refractivity contribution in [2.24, 2.45) is 0 Å². The summed E-state index contributed by atoms with van der Waals surface area (Å²) in [5.41, 5.74) is 0.670. The third kappa shape index (κ3) is 6.09. The van der Waals surface area contributed by atoms with E-state index in [-0.39, 0.29) is 5.91 Å². The largest absolute Gasteiger partial charge is 0.354 e. The van der Waals surface area contributed by atoms with Crippen LogP contribution in [-0.2, 0) is 14.8 Å². The van der Waals surface area contributed by atoms with Crippen LogP contribution in [0.5, 0.6) is 0 Å². The van der Waals surface area contributed by atoms with Crippen molar-refractivity contribution >= 4 is 15.9 Å². The molecule has 1 aromatic rings. The predicted octanol–water partition coefficient (Wildman–Crippen LogP) is 1.61. The van der Waals surface area contributed by atoms with Gasteiger partial charge in [-0.05, 0) is 44.5 Å². The standard InChI is InChI=1S/C18H29N3O3S/c1-20(25(2,23)24)17(16-10-5-3-6-11-16)18(22)19-12-9-15-21-13-7-4-8-14-21/h3,5-6,10-11,17H,4,7-9,12-15H2,1-2H3,(H,19,22)/t17-/m0/s1. The number of carbonyl (C=O) groups excluding carboxylic acids is 1. The second kappa shape index (κ2) is 9.31. The van der Waals surface area contributed by atoms with Crippen LogP contribution in [0.2, 0.25) is 0 Å². The number of rotatable bonds is 8. The topological polar surface area (TPSA) is 69.7 Å². The van der Waals surface area contributed by atoms with Crippen molar-refractivity contribution in [3.63, 3.8) is 0 Å². The minimum Gasteiger partial charge on any atom is -0.354 e. The van der Waals surface area contributed by atoms with E-state index in [1.807, 2.05) is 18.2 Å². The first-order valence-corrected chi connectivity index (χ1v) is 10.7. The molecule has 1 aliphatic heterocycles. The first kappa shape index (κ1) is 19.9. The molecule has 1 atom stereocenters. The summed E-state index contributed by atoms with van der Waals surface area (Å²) in [5, 5.41) is 2.90. The van der Waals surface area contributed by atoms with E-state index in [4.69, 9.17) is 0 Å². The monoisotopic (exact) mass is 367 g/mol. The Bertz CT molecular complexity index is 643. The quantitative estimate of drug-likeness (QED) is 0.709. The van der Waals surface area contributed by atoms with Gasteiger partial charge in [-0.15, -0.1) is 0 Å².